The highest BCUT2D eigenvalue weighted by Gasteiger charge is 2.19. The van der Waals surface area contributed by atoms with E-state index < -0.39 is 0 Å². The molecule has 0 bridgehead atoms. The fourth-order valence-electron chi connectivity index (χ4n) is 1.54. The Labute approximate surface area is 84.5 Å². The summed E-state index contributed by atoms with van der Waals surface area (Å²) in [6, 6.07) is -0.0626. The Bertz CT molecular complexity index is 199. The minimum atomic E-state index is -0.0626. The van der Waals surface area contributed by atoms with Crippen molar-refractivity contribution in [1.29, 1.82) is 0 Å². The number of urea groups is 1. The van der Waals surface area contributed by atoms with Crippen molar-refractivity contribution in [3.05, 3.63) is 12.8 Å². The number of amides is 2. The van der Waals surface area contributed by atoms with Gasteiger partial charge in [0.2, 0.25) is 0 Å². The van der Waals surface area contributed by atoms with Gasteiger partial charge >= 0.3 is 6.03 Å². The molecule has 2 amide bonds. The van der Waals surface area contributed by atoms with Crippen LogP contribution < -0.4 is 11.1 Å². The zero-order valence-corrected chi connectivity index (χ0v) is 8.41. The van der Waals surface area contributed by atoms with Gasteiger partial charge in [0, 0.05) is 39.3 Å². The fraction of sp³-hybridized carbons (Fsp3) is 0.667. The molecule has 0 saturated carbocycles. The largest absolute Gasteiger partial charge is 0.329 e. The van der Waals surface area contributed by atoms with Crippen LogP contribution in [0.2, 0.25) is 0 Å². The summed E-state index contributed by atoms with van der Waals surface area (Å²) in [5.41, 5.74) is 5.45. The third-order valence-corrected chi connectivity index (χ3v) is 2.33. The van der Waals surface area contributed by atoms with Gasteiger partial charge in [0.25, 0.3) is 0 Å². The lowest BCUT2D eigenvalue weighted by molar-refractivity contribution is 0.143. The van der Waals surface area contributed by atoms with Crippen molar-refractivity contribution >= 4 is 6.03 Å². The van der Waals surface area contributed by atoms with E-state index in [0.717, 1.165) is 32.7 Å². The number of piperazine rings is 1. The molecule has 0 spiro atoms. The topological polar surface area (TPSA) is 61.6 Å². The molecule has 5 nitrogen and oxygen atoms in total. The Kier molecular flexibility index (Phi) is 4.42. The van der Waals surface area contributed by atoms with Crippen LogP contribution in [0.5, 0.6) is 0 Å². The summed E-state index contributed by atoms with van der Waals surface area (Å²) in [5, 5.41) is 2.57. The van der Waals surface area contributed by atoms with E-state index in [4.69, 9.17) is 5.73 Å². The highest BCUT2D eigenvalue weighted by atomic mass is 16.2. The number of hydrogen-bond donors (Lipinski definition) is 2. The number of nitrogens with two attached hydrogens (primary N) is 1. The first kappa shape index (κ1) is 11.0. The molecule has 1 rings (SSSR count). The van der Waals surface area contributed by atoms with Gasteiger partial charge < -0.3 is 16.0 Å². The maximum atomic E-state index is 11.4. The molecule has 0 atom stereocenters. The second-order valence-corrected chi connectivity index (χ2v) is 3.27. The lowest BCUT2D eigenvalue weighted by Crippen LogP contribution is -2.51. The molecule has 1 heterocycles. The minimum Gasteiger partial charge on any atom is -0.329 e. The van der Waals surface area contributed by atoms with Crippen molar-refractivity contribution in [3.63, 3.8) is 0 Å². The van der Waals surface area contributed by atoms with Crippen LogP contribution in [0.25, 0.3) is 0 Å². The molecule has 14 heavy (non-hydrogen) atoms. The lowest BCUT2D eigenvalue weighted by atomic mass is 10.3. The van der Waals surface area contributed by atoms with Crippen LogP contribution in [-0.2, 0) is 0 Å². The Morgan fingerprint density at radius 3 is 2.57 bits per heavy atom. The van der Waals surface area contributed by atoms with Crippen LogP contribution in [0.15, 0.2) is 12.8 Å². The van der Waals surface area contributed by atoms with Gasteiger partial charge in [0.1, 0.15) is 0 Å². The smallest absolute Gasteiger partial charge is 0.321 e. The molecule has 0 aromatic carbocycles. The van der Waals surface area contributed by atoms with Crippen molar-refractivity contribution in [2.24, 2.45) is 5.73 Å². The van der Waals surface area contributed by atoms with Crippen molar-refractivity contribution in [2.75, 3.05) is 39.3 Å². The van der Waals surface area contributed by atoms with Gasteiger partial charge in [-0.25, -0.2) is 4.79 Å². The van der Waals surface area contributed by atoms with Crippen molar-refractivity contribution in [3.8, 4) is 0 Å². The molecule has 80 valence electrons. The standard InChI is InChI=1S/C9H18N4O/c1-2-11-9(14)13-7-5-12(4-3-10)6-8-13/h2H,1,3-8,10H2,(H,11,14). The summed E-state index contributed by atoms with van der Waals surface area (Å²) in [5.74, 6) is 0. The van der Waals surface area contributed by atoms with E-state index in [0.29, 0.717) is 6.54 Å². The Hall–Kier alpha value is -1.07. The van der Waals surface area contributed by atoms with Crippen LogP contribution in [0, 0.1) is 0 Å². The Morgan fingerprint density at radius 1 is 1.43 bits per heavy atom. The number of carbonyl (C=O) groups is 1. The highest BCUT2D eigenvalue weighted by molar-refractivity contribution is 5.75. The summed E-state index contributed by atoms with van der Waals surface area (Å²) in [6.45, 7) is 8.38. The normalized spacial score (nSPS) is 17.9. The molecule has 1 fully saturated rings. The van der Waals surface area contributed by atoms with Crippen LogP contribution in [0.4, 0.5) is 4.79 Å². The molecule has 5 heteroatoms. The second-order valence-electron chi connectivity index (χ2n) is 3.27. The summed E-state index contributed by atoms with van der Waals surface area (Å²) >= 11 is 0. The van der Waals surface area contributed by atoms with Gasteiger partial charge in [-0.15, -0.1) is 0 Å². The zero-order chi connectivity index (χ0) is 10.4. The molecule has 0 aromatic heterocycles. The van der Waals surface area contributed by atoms with Gasteiger partial charge in [-0.3, -0.25) is 4.90 Å². The minimum absolute atomic E-state index is 0.0626. The van der Waals surface area contributed by atoms with Crippen molar-refractivity contribution in [2.45, 2.75) is 0 Å². The molecule has 3 N–H and O–H groups in total. The highest BCUT2D eigenvalue weighted by Crippen LogP contribution is 2.00. The quantitative estimate of drug-likeness (QED) is 0.637. The molecule has 1 aliphatic rings. The molecule has 0 aliphatic carbocycles. The Balaban J connectivity index is 2.27. The maximum absolute atomic E-state index is 11.4. The van der Waals surface area contributed by atoms with Gasteiger partial charge in [0.15, 0.2) is 0 Å². The summed E-state index contributed by atoms with van der Waals surface area (Å²) in [7, 11) is 0. The van der Waals surface area contributed by atoms with E-state index in [-0.39, 0.29) is 6.03 Å². The monoisotopic (exact) mass is 198 g/mol. The SMILES string of the molecule is C=CNC(=O)N1CCN(CCN)CC1. The number of nitrogens with one attached hydrogen (secondary N) is 1. The average molecular weight is 198 g/mol. The van der Waals surface area contributed by atoms with Gasteiger partial charge in [-0.2, -0.15) is 0 Å². The van der Waals surface area contributed by atoms with Crippen LogP contribution >= 0.6 is 0 Å². The second kappa shape index (κ2) is 5.62. The Morgan fingerprint density at radius 2 is 2.07 bits per heavy atom. The fourth-order valence-corrected chi connectivity index (χ4v) is 1.54. The third-order valence-electron chi connectivity index (χ3n) is 2.33. The number of rotatable bonds is 3. The number of hydrogen-bond acceptors (Lipinski definition) is 3. The van der Waals surface area contributed by atoms with Gasteiger partial charge in [-0.05, 0) is 6.20 Å². The molecule has 0 aromatic rings. The number of nitrogens with zero attached hydrogens (tertiary/aromatic N) is 2. The first-order valence-corrected chi connectivity index (χ1v) is 4.86. The first-order valence-electron chi connectivity index (χ1n) is 4.86. The maximum Gasteiger partial charge on any atom is 0.321 e. The van der Waals surface area contributed by atoms with Crippen molar-refractivity contribution < 1.29 is 4.79 Å². The van der Waals surface area contributed by atoms with E-state index in [9.17, 15) is 4.79 Å². The van der Waals surface area contributed by atoms with E-state index in [1.807, 2.05) is 0 Å². The van der Waals surface area contributed by atoms with Gasteiger partial charge in [-0.1, -0.05) is 6.58 Å². The van der Waals surface area contributed by atoms with E-state index in [1.165, 1.54) is 6.20 Å². The predicted octanol–water partition coefficient (Wildman–Crippen LogP) is -0.584. The summed E-state index contributed by atoms with van der Waals surface area (Å²) in [4.78, 5) is 15.4. The lowest BCUT2D eigenvalue weighted by Gasteiger charge is -2.34. The van der Waals surface area contributed by atoms with E-state index >= 15 is 0 Å². The van der Waals surface area contributed by atoms with Crippen molar-refractivity contribution in [1.82, 2.24) is 15.1 Å². The van der Waals surface area contributed by atoms with Crippen LogP contribution in [0.1, 0.15) is 0 Å². The molecular weight excluding hydrogens is 180 g/mol. The molecule has 0 radical (unpaired) electrons. The molecular formula is C9H18N4O. The molecule has 1 aliphatic heterocycles. The molecule has 1 saturated heterocycles. The molecule has 0 unspecified atom stereocenters. The van der Waals surface area contributed by atoms with Crippen LogP contribution in [0.3, 0.4) is 0 Å². The van der Waals surface area contributed by atoms with E-state index in [1.54, 1.807) is 4.90 Å². The summed E-state index contributed by atoms with van der Waals surface area (Å²) in [6.07, 6.45) is 1.41. The predicted molar refractivity (Wildman–Crippen MR) is 55.8 cm³/mol. The average Bonchev–Trinajstić information content (AvgIpc) is 2.20. The van der Waals surface area contributed by atoms with Crippen LogP contribution in [-0.4, -0.2) is 55.1 Å². The zero-order valence-electron chi connectivity index (χ0n) is 8.41. The van der Waals surface area contributed by atoms with Gasteiger partial charge in [0.05, 0.1) is 0 Å². The van der Waals surface area contributed by atoms with E-state index in [2.05, 4.69) is 16.8 Å². The number of carbonyl (C=O) groups excluding carboxylic acids is 1. The third kappa shape index (κ3) is 3.01. The summed E-state index contributed by atoms with van der Waals surface area (Å²) < 4.78 is 0. The first-order chi connectivity index (χ1) is 6.77.